The van der Waals surface area contributed by atoms with Crippen molar-refractivity contribution in [3.63, 3.8) is 0 Å². The van der Waals surface area contributed by atoms with Crippen molar-refractivity contribution < 1.29 is 4.79 Å². The first-order valence-electron chi connectivity index (χ1n) is 8.00. The topological polar surface area (TPSA) is 45.2 Å². The van der Waals surface area contributed by atoms with E-state index in [2.05, 4.69) is 10.3 Å². The number of pyridine rings is 1. The number of hydrogen-bond acceptors (Lipinski definition) is 3. The molecule has 0 spiro atoms. The summed E-state index contributed by atoms with van der Waals surface area (Å²) in [6.45, 7) is 1.99. The molecule has 5 heteroatoms. The van der Waals surface area contributed by atoms with E-state index in [0.29, 0.717) is 10.6 Å². The molecule has 0 radical (unpaired) electrons. The van der Waals surface area contributed by atoms with Gasteiger partial charge in [-0.1, -0.05) is 35.9 Å². The van der Waals surface area contributed by atoms with Gasteiger partial charge in [0.25, 0.3) is 5.91 Å². The number of aryl methyl sites for hydroxylation is 1. The summed E-state index contributed by atoms with van der Waals surface area (Å²) in [7, 11) is 0. The summed E-state index contributed by atoms with van der Waals surface area (Å²) in [5.74, 6) is -0.0515. The summed E-state index contributed by atoms with van der Waals surface area (Å²) in [6, 6.07) is 17.1. The smallest absolute Gasteiger partial charge is 0.260 e. The molecular formula is C20H16ClN3O. The molecule has 1 aliphatic rings. The quantitative estimate of drug-likeness (QED) is 0.737. The third kappa shape index (κ3) is 2.75. The van der Waals surface area contributed by atoms with Gasteiger partial charge in [-0.2, -0.15) is 0 Å². The molecule has 1 N–H and O–H groups in total. The standard InChI is InChI=1S/C20H16ClN3O/c1-13-8-9-18(17(21)11-13)23-19-15-6-2-3-7-16(15)20(25)24(19)14-5-4-10-22-12-14/h2-12,19,23H,1H3. The van der Waals surface area contributed by atoms with Crippen molar-refractivity contribution in [1.82, 2.24) is 4.98 Å². The van der Waals surface area contributed by atoms with Gasteiger partial charge in [-0.3, -0.25) is 14.7 Å². The molecule has 124 valence electrons. The van der Waals surface area contributed by atoms with E-state index in [9.17, 15) is 4.79 Å². The molecule has 0 bridgehead atoms. The van der Waals surface area contributed by atoms with Gasteiger partial charge in [-0.15, -0.1) is 0 Å². The Morgan fingerprint density at radius 1 is 1.12 bits per heavy atom. The maximum Gasteiger partial charge on any atom is 0.260 e. The largest absolute Gasteiger partial charge is 0.360 e. The van der Waals surface area contributed by atoms with Gasteiger partial charge in [0, 0.05) is 17.3 Å². The van der Waals surface area contributed by atoms with Crippen molar-refractivity contribution in [3.05, 3.63) is 88.7 Å². The van der Waals surface area contributed by atoms with Crippen LogP contribution in [-0.2, 0) is 0 Å². The molecule has 2 heterocycles. The van der Waals surface area contributed by atoms with Gasteiger partial charge in [0.2, 0.25) is 0 Å². The fraction of sp³-hybridized carbons (Fsp3) is 0.100. The molecule has 3 aromatic rings. The number of anilines is 2. The summed E-state index contributed by atoms with van der Waals surface area (Å²) in [5, 5.41) is 4.04. The van der Waals surface area contributed by atoms with Crippen LogP contribution in [-0.4, -0.2) is 10.9 Å². The normalized spacial score (nSPS) is 16.0. The zero-order chi connectivity index (χ0) is 17.4. The van der Waals surface area contributed by atoms with Crippen LogP contribution in [0.5, 0.6) is 0 Å². The molecule has 25 heavy (non-hydrogen) atoms. The lowest BCUT2D eigenvalue weighted by molar-refractivity contribution is 0.0993. The highest BCUT2D eigenvalue weighted by molar-refractivity contribution is 6.33. The lowest BCUT2D eigenvalue weighted by atomic mass is 10.1. The van der Waals surface area contributed by atoms with Gasteiger partial charge < -0.3 is 5.32 Å². The maximum atomic E-state index is 13.0. The van der Waals surface area contributed by atoms with Crippen molar-refractivity contribution >= 4 is 28.9 Å². The summed E-state index contributed by atoms with van der Waals surface area (Å²) < 4.78 is 0. The molecule has 1 aromatic heterocycles. The third-order valence-corrected chi connectivity index (χ3v) is 4.62. The van der Waals surface area contributed by atoms with E-state index in [-0.39, 0.29) is 12.1 Å². The number of amides is 1. The summed E-state index contributed by atoms with van der Waals surface area (Å²) in [4.78, 5) is 18.8. The minimum Gasteiger partial charge on any atom is -0.360 e. The first kappa shape index (κ1) is 15.7. The van der Waals surface area contributed by atoms with Crippen LogP contribution in [0.25, 0.3) is 0 Å². The second-order valence-electron chi connectivity index (χ2n) is 6.00. The Morgan fingerprint density at radius 3 is 2.72 bits per heavy atom. The van der Waals surface area contributed by atoms with Crippen LogP contribution in [0, 0.1) is 6.92 Å². The summed E-state index contributed by atoms with van der Waals surface area (Å²) in [5.41, 5.74) is 4.22. The van der Waals surface area contributed by atoms with E-state index in [4.69, 9.17) is 11.6 Å². The third-order valence-electron chi connectivity index (χ3n) is 4.30. The molecule has 0 saturated carbocycles. The molecular weight excluding hydrogens is 334 g/mol. The van der Waals surface area contributed by atoms with Gasteiger partial charge in [0.15, 0.2) is 0 Å². The number of benzene rings is 2. The van der Waals surface area contributed by atoms with Gasteiger partial charge >= 0.3 is 0 Å². The average molecular weight is 350 g/mol. The molecule has 1 unspecified atom stereocenters. The van der Waals surface area contributed by atoms with Crippen molar-refractivity contribution in [1.29, 1.82) is 0 Å². The van der Waals surface area contributed by atoms with Crippen LogP contribution in [0.4, 0.5) is 11.4 Å². The zero-order valence-electron chi connectivity index (χ0n) is 13.6. The summed E-state index contributed by atoms with van der Waals surface area (Å²) in [6.07, 6.45) is 3.04. The van der Waals surface area contributed by atoms with Crippen LogP contribution in [0.15, 0.2) is 67.0 Å². The monoisotopic (exact) mass is 349 g/mol. The Hall–Kier alpha value is -2.85. The molecule has 1 atom stereocenters. The Kier molecular flexibility index (Phi) is 3.90. The Labute approximate surface area is 151 Å². The first-order valence-corrected chi connectivity index (χ1v) is 8.38. The van der Waals surface area contributed by atoms with Gasteiger partial charge in [0.1, 0.15) is 6.17 Å². The van der Waals surface area contributed by atoms with Crippen LogP contribution in [0.1, 0.15) is 27.7 Å². The number of hydrogen-bond donors (Lipinski definition) is 1. The number of carbonyl (C=O) groups is 1. The van der Waals surface area contributed by atoms with E-state index >= 15 is 0 Å². The van der Waals surface area contributed by atoms with Crippen molar-refractivity contribution in [3.8, 4) is 0 Å². The Morgan fingerprint density at radius 2 is 1.96 bits per heavy atom. The number of nitrogens with one attached hydrogen (secondary N) is 1. The van der Waals surface area contributed by atoms with Crippen molar-refractivity contribution in [2.75, 3.05) is 10.2 Å². The highest BCUT2D eigenvalue weighted by Crippen LogP contribution is 2.38. The predicted octanol–water partition coefficient (Wildman–Crippen LogP) is 4.81. The number of nitrogens with zero attached hydrogens (tertiary/aromatic N) is 2. The van der Waals surface area contributed by atoms with Crippen molar-refractivity contribution in [2.24, 2.45) is 0 Å². The Bertz CT molecular complexity index is 943. The van der Waals surface area contributed by atoms with Gasteiger partial charge in [0.05, 0.1) is 22.6 Å². The number of aromatic nitrogens is 1. The molecule has 2 aromatic carbocycles. The summed E-state index contributed by atoms with van der Waals surface area (Å²) >= 11 is 6.39. The van der Waals surface area contributed by atoms with Crippen molar-refractivity contribution in [2.45, 2.75) is 13.1 Å². The van der Waals surface area contributed by atoms with Gasteiger partial charge in [-0.25, -0.2) is 0 Å². The molecule has 4 nitrogen and oxygen atoms in total. The van der Waals surface area contributed by atoms with E-state index in [1.54, 1.807) is 17.3 Å². The molecule has 0 fully saturated rings. The number of carbonyl (C=O) groups excluding carboxylic acids is 1. The van der Waals surface area contributed by atoms with Crippen LogP contribution in [0.2, 0.25) is 5.02 Å². The first-order chi connectivity index (χ1) is 12.1. The molecule has 1 amide bonds. The number of rotatable bonds is 3. The van der Waals surface area contributed by atoms with E-state index in [1.165, 1.54) is 0 Å². The minimum absolute atomic E-state index is 0.0515. The van der Waals surface area contributed by atoms with E-state index in [0.717, 1.165) is 22.5 Å². The second kappa shape index (κ2) is 6.22. The van der Waals surface area contributed by atoms with Gasteiger partial charge in [-0.05, 0) is 42.8 Å². The molecule has 0 saturated heterocycles. The fourth-order valence-corrected chi connectivity index (χ4v) is 3.40. The van der Waals surface area contributed by atoms with E-state index < -0.39 is 0 Å². The fourth-order valence-electron chi connectivity index (χ4n) is 3.11. The minimum atomic E-state index is -0.340. The highest BCUT2D eigenvalue weighted by atomic mass is 35.5. The molecule has 0 aliphatic carbocycles. The Balaban J connectivity index is 1.80. The maximum absolute atomic E-state index is 13.0. The molecule has 1 aliphatic heterocycles. The van der Waals surface area contributed by atoms with Crippen LogP contribution < -0.4 is 10.2 Å². The SMILES string of the molecule is Cc1ccc(NC2c3ccccc3C(=O)N2c2cccnc2)c(Cl)c1. The molecule has 4 rings (SSSR count). The van der Waals surface area contributed by atoms with E-state index in [1.807, 2.05) is 61.5 Å². The van der Waals surface area contributed by atoms with Crippen LogP contribution in [0.3, 0.4) is 0 Å². The predicted molar refractivity (Wildman–Crippen MR) is 100 cm³/mol. The lowest BCUT2D eigenvalue weighted by Crippen LogP contribution is -2.32. The number of halogens is 1. The zero-order valence-corrected chi connectivity index (χ0v) is 14.4. The highest BCUT2D eigenvalue weighted by Gasteiger charge is 2.37. The number of fused-ring (bicyclic) bond motifs is 1. The average Bonchev–Trinajstić information content (AvgIpc) is 2.91. The second-order valence-corrected chi connectivity index (χ2v) is 6.41. The lowest BCUT2D eigenvalue weighted by Gasteiger charge is -2.27. The van der Waals surface area contributed by atoms with Crippen LogP contribution >= 0.6 is 11.6 Å².